The standard InChI is InChI=1S/C22H32O2/c23-21-15-9-8-11-4-3-5-12-10-16-13-6-1-2-7-14(13)20(22(21)24)19(16)18(15)17(11)12/h11-18,21-24H,1-10H2/t11?,12?,13?,14?,15?,16?,17?,18?,21-,22-/m1/s1. The number of hydrogen-bond donors (Lipinski definition) is 2. The zero-order valence-electron chi connectivity index (χ0n) is 14.7. The molecule has 24 heavy (non-hydrogen) atoms. The Bertz CT molecular complexity index is 581. The van der Waals surface area contributed by atoms with Crippen molar-refractivity contribution in [1.29, 1.82) is 0 Å². The normalized spacial score (nSPS) is 58.2. The molecule has 6 aliphatic carbocycles. The van der Waals surface area contributed by atoms with Crippen LogP contribution in [-0.4, -0.2) is 22.4 Å². The monoisotopic (exact) mass is 328 g/mol. The highest BCUT2D eigenvalue weighted by molar-refractivity contribution is 5.40. The molecule has 0 aromatic heterocycles. The van der Waals surface area contributed by atoms with Crippen LogP contribution in [0.5, 0.6) is 0 Å². The molecular weight excluding hydrogens is 296 g/mol. The maximum absolute atomic E-state index is 11.0. The number of aliphatic hydroxyl groups excluding tert-OH is 2. The van der Waals surface area contributed by atoms with Gasteiger partial charge in [0.25, 0.3) is 0 Å². The van der Waals surface area contributed by atoms with Crippen LogP contribution < -0.4 is 0 Å². The fourth-order valence-electron chi connectivity index (χ4n) is 8.86. The third kappa shape index (κ3) is 1.70. The van der Waals surface area contributed by atoms with Gasteiger partial charge in [0.2, 0.25) is 0 Å². The summed E-state index contributed by atoms with van der Waals surface area (Å²) < 4.78 is 0. The summed E-state index contributed by atoms with van der Waals surface area (Å²) in [5.41, 5.74) is 3.10. The summed E-state index contributed by atoms with van der Waals surface area (Å²) in [5, 5.41) is 22.1. The lowest BCUT2D eigenvalue weighted by Crippen LogP contribution is -2.55. The highest BCUT2D eigenvalue weighted by Crippen LogP contribution is 2.67. The third-order valence-corrected chi connectivity index (χ3v) is 9.45. The number of rotatable bonds is 0. The lowest BCUT2D eigenvalue weighted by Gasteiger charge is -2.58. The minimum Gasteiger partial charge on any atom is -0.390 e. The second kappa shape index (κ2) is 5.10. The number of fused-ring (bicyclic) bond motifs is 3. The molecule has 2 heteroatoms. The van der Waals surface area contributed by atoms with Crippen LogP contribution in [0.2, 0.25) is 0 Å². The van der Waals surface area contributed by atoms with Gasteiger partial charge in [0.05, 0.1) is 6.10 Å². The first-order valence-corrected chi connectivity index (χ1v) is 10.9. The van der Waals surface area contributed by atoms with Gasteiger partial charge in [-0.05, 0) is 85.0 Å². The molecule has 0 radical (unpaired) electrons. The number of aliphatic hydroxyl groups is 2. The summed E-state index contributed by atoms with van der Waals surface area (Å²) in [7, 11) is 0. The summed E-state index contributed by atoms with van der Waals surface area (Å²) in [5.74, 6) is 5.91. The van der Waals surface area contributed by atoms with Gasteiger partial charge in [-0.1, -0.05) is 37.7 Å². The maximum Gasteiger partial charge on any atom is 0.102 e. The van der Waals surface area contributed by atoms with Crippen molar-refractivity contribution < 1.29 is 10.2 Å². The summed E-state index contributed by atoms with van der Waals surface area (Å²) in [6, 6.07) is 0. The van der Waals surface area contributed by atoms with Crippen LogP contribution in [0.3, 0.4) is 0 Å². The van der Waals surface area contributed by atoms with E-state index in [2.05, 4.69) is 0 Å². The minimum absolute atomic E-state index is 0.364. The largest absolute Gasteiger partial charge is 0.390 e. The van der Waals surface area contributed by atoms with Gasteiger partial charge in [-0.25, -0.2) is 0 Å². The molecule has 8 unspecified atom stereocenters. The molecule has 2 nitrogen and oxygen atoms in total. The molecule has 0 amide bonds. The highest BCUT2D eigenvalue weighted by atomic mass is 16.3. The van der Waals surface area contributed by atoms with Crippen molar-refractivity contribution in [2.24, 2.45) is 47.3 Å². The van der Waals surface area contributed by atoms with E-state index >= 15 is 0 Å². The molecule has 6 aliphatic rings. The minimum atomic E-state index is -0.534. The van der Waals surface area contributed by atoms with Gasteiger partial charge in [-0.15, -0.1) is 0 Å². The van der Waals surface area contributed by atoms with E-state index in [1.807, 2.05) is 0 Å². The first-order chi connectivity index (χ1) is 11.8. The Hall–Kier alpha value is -0.340. The second-order valence-corrected chi connectivity index (χ2v) is 10.0. The Labute approximate surface area is 145 Å². The van der Waals surface area contributed by atoms with Gasteiger partial charge in [0, 0.05) is 0 Å². The predicted molar refractivity (Wildman–Crippen MR) is 93.1 cm³/mol. The van der Waals surface area contributed by atoms with E-state index in [1.165, 1.54) is 63.4 Å². The third-order valence-electron chi connectivity index (χ3n) is 9.45. The van der Waals surface area contributed by atoms with Crippen molar-refractivity contribution in [2.75, 3.05) is 0 Å². The van der Waals surface area contributed by atoms with Crippen LogP contribution in [0.1, 0.15) is 64.2 Å². The highest BCUT2D eigenvalue weighted by Gasteiger charge is 2.61. The number of hydrogen-bond acceptors (Lipinski definition) is 2. The predicted octanol–water partition coefficient (Wildman–Crippen LogP) is 3.92. The molecule has 4 saturated carbocycles. The lowest BCUT2D eigenvalue weighted by atomic mass is 9.48. The molecule has 0 bridgehead atoms. The molecule has 4 fully saturated rings. The zero-order valence-corrected chi connectivity index (χ0v) is 14.7. The summed E-state index contributed by atoms with van der Waals surface area (Å²) in [6.45, 7) is 0. The number of allylic oxidation sites excluding steroid dienone is 1. The van der Waals surface area contributed by atoms with E-state index in [0.717, 1.165) is 36.0 Å². The smallest absolute Gasteiger partial charge is 0.102 e. The summed E-state index contributed by atoms with van der Waals surface area (Å²) in [6.07, 6.45) is 12.6. The van der Waals surface area contributed by atoms with Gasteiger partial charge < -0.3 is 10.2 Å². The van der Waals surface area contributed by atoms with Gasteiger partial charge in [-0.3, -0.25) is 0 Å². The van der Waals surface area contributed by atoms with Crippen molar-refractivity contribution in [1.82, 2.24) is 0 Å². The Kier molecular flexibility index (Phi) is 3.14. The van der Waals surface area contributed by atoms with Gasteiger partial charge in [0.1, 0.15) is 6.10 Å². The maximum atomic E-state index is 11.0. The molecule has 0 saturated heterocycles. The van der Waals surface area contributed by atoms with Crippen molar-refractivity contribution in [2.45, 2.75) is 76.4 Å². The Balaban J connectivity index is 1.52. The molecule has 2 N–H and O–H groups in total. The van der Waals surface area contributed by atoms with Crippen LogP contribution in [-0.2, 0) is 0 Å². The molecule has 0 aliphatic heterocycles. The molecular formula is C22H32O2. The van der Waals surface area contributed by atoms with Gasteiger partial charge in [-0.2, -0.15) is 0 Å². The molecule has 10 atom stereocenters. The van der Waals surface area contributed by atoms with Crippen molar-refractivity contribution >= 4 is 0 Å². The van der Waals surface area contributed by atoms with Gasteiger partial charge in [0.15, 0.2) is 0 Å². The molecule has 6 rings (SSSR count). The van der Waals surface area contributed by atoms with E-state index in [9.17, 15) is 10.2 Å². The van der Waals surface area contributed by atoms with Crippen molar-refractivity contribution in [3.63, 3.8) is 0 Å². The van der Waals surface area contributed by atoms with Crippen molar-refractivity contribution in [3.05, 3.63) is 11.1 Å². The first-order valence-electron chi connectivity index (χ1n) is 10.9. The molecule has 132 valence electrons. The van der Waals surface area contributed by atoms with E-state index in [4.69, 9.17) is 0 Å². The van der Waals surface area contributed by atoms with E-state index in [-0.39, 0.29) is 0 Å². The van der Waals surface area contributed by atoms with Crippen LogP contribution in [0.25, 0.3) is 0 Å². The summed E-state index contributed by atoms with van der Waals surface area (Å²) >= 11 is 0. The zero-order chi connectivity index (χ0) is 16.0. The average Bonchev–Trinajstić information content (AvgIpc) is 2.95. The molecule has 0 aromatic rings. The topological polar surface area (TPSA) is 40.5 Å². The van der Waals surface area contributed by atoms with E-state index in [1.54, 1.807) is 5.57 Å². The lowest BCUT2D eigenvalue weighted by molar-refractivity contribution is -0.0921. The molecule has 0 heterocycles. The quantitative estimate of drug-likeness (QED) is 0.662. The van der Waals surface area contributed by atoms with Crippen LogP contribution in [0.4, 0.5) is 0 Å². The second-order valence-electron chi connectivity index (χ2n) is 10.0. The average molecular weight is 328 g/mol. The fraction of sp³-hybridized carbons (Fsp3) is 0.909. The summed E-state index contributed by atoms with van der Waals surface area (Å²) in [4.78, 5) is 0. The Morgan fingerprint density at radius 1 is 0.667 bits per heavy atom. The van der Waals surface area contributed by atoms with Crippen LogP contribution >= 0.6 is 0 Å². The van der Waals surface area contributed by atoms with Crippen LogP contribution in [0.15, 0.2) is 11.1 Å². The molecule has 0 spiro atoms. The Morgan fingerprint density at radius 2 is 1.50 bits per heavy atom. The molecule has 0 aromatic carbocycles. The van der Waals surface area contributed by atoms with Gasteiger partial charge >= 0.3 is 0 Å². The SMILES string of the molecule is O[C@@H]1C2=C3C(CC4CCCC5CCC(C3C54)[C@H]1O)C1CCCCC21. The van der Waals surface area contributed by atoms with E-state index in [0.29, 0.717) is 17.8 Å². The first kappa shape index (κ1) is 14.8. The van der Waals surface area contributed by atoms with E-state index < -0.39 is 12.2 Å². The van der Waals surface area contributed by atoms with Crippen molar-refractivity contribution in [3.8, 4) is 0 Å². The fourth-order valence-corrected chi connectivity index (χ4v) is 8.86. The van der Waals surface area contributed by atoms with Crippen LogP contribution in [0, 0.1) is 47.3 Å². The Morgan fingerprint density at radius 3 is 2.42 bits per heavy atom.